The molecule has 0 amide bonds. The van der Waals surface area contributed by atoms with Gasteiger partial charge >= 0.3 is 0 Å². The van der Waals surface area contributed by atoms with Gasteiger partial charge in [-0.25, -0.2) is 13.2 Å². The normalized spacial score (nSPS) is 19.0. The molecule has 1 atom stereocenters. The van der Waals surface area contributed by atoms with Gasteiger partial charge in [0.1, 0.15) is 5.82 Å². The van der Waals surface area contributed by atoms with Crippen LogP contribution < -0.4 is 0 Å². The summed E-state index contributed by atoms with van der Waals surface area (Å²) in [6.45, 7) is 3.23. The van der Waals surface area contributed by atoms with Crippen molar-refractivity contribution in [3.63, 3.8) is 0 Å². The van der Waals surface area contributed by atoms with Gasteiger partial charge in [-0.2, -0.15) is 0 Å². The fourth-order valence-electron chi connectivity index (χ4n) is 3.47. The molecule has 26 heavy (non-hydrogen) atoms. The number of hydrogen-bond acceptors (Lipinski definition) is 3. The first-order chi connectivity index (χ1) is 12.6. The van der Waals surface area contributed by atoms with Gasteiger partial charge in [-0.3, -0.25) is 9.80 Å². The molecule has 2 aromatic rings. The lowest BCUT2D eigenvalue weighted by Crippen LogP contribution is -2.52. The maximum Gasteiger partial charge on any atom is 0.159 e. The minimum Gasteiger partial charge on any atom is -0.396 e. The zero-order valence-corrected chi connectivity index (χ0v) is 14.5. The number of halogens is 3. The molecule has 1 saturated heterocycles. The van der Waals surface area contributed by atoms with Gasteiger partial charge < -0.3 is 5.11 Å². The Bertz CT molecular complexity index is 741. The van der Waals surface area contributed by atoms with Crippen LogP contribution in [0.2, 0.25) is 0 Å². The second kappa shape index (κ2) is 8.66. The van der Waals surface area contributed by atoms with E-state index < -0.39 is 11.6 Å². The fraction of sp³-hybridized carbons (Fsp3) is 0.400. The molecule has 1 fully saturated rings. The quantitative estimate of drug-likeness (QED) is 0.853. The Morgan fingerprint density at radius 2 is 1.73 bits per heavy atom. The monoisotopic (exact) mass is 364 g/mol. The molecule has 6 heteroatoms. The third kappa shape index (κ3) is 4.63. The highest BCUT2D eigenvalue weighted by Crippen LogP contribution is 2.20. The summed E-state index contributed by atoms with van der Waals surface area (Å²) in [6, 6.07) is 10.8. The molecule has 0 bridgehead atoms. The van der Waals surface area contributed by atoms with Crippen LogP contribution in [0.3, 0.4) is 0 Å². The summed E-state index contributed by atoms with van der Waals surface area (Å²) in [5, 5.41) is 9.39. The average molecular weight is 364 g/mol. The van der Waals surface area contributed by atoms with E-state index in [0.29, 0.717) is 37.2 Å². The van der Waals surface area contributed by atoms with Crippen LogP contribution >= 0.6 is 0 Å². The first-order valence-corrected chi connectivity index (χ1v) is 8.81. The molecule has 1 aliphatic heterocycles. The molecule has 1 heterocycles. The number of benzene rings is 2. The van der Waals surface area contributed by atoms with Crippen molar-refractivity contribution in [2.45, 2.75) is 25.6 Å². The van der Waals surface area contributed by atoms with Crippen LogP contribution in [0.25, 0.3) is 0 Å². The van der Waals surface area contributed by atoms with Gasteiger partial charge in [0.25, 0.3) is 0 Å². The van der Waals surface area contributed by atoms with E-state index >= 15 is 0 Å². The number of rotatable bonds is 6. The highest BCUT2D eigenvalue weighted by molar-refractivity contribution is 5.19. The predicted octanol–water partition coefficient (Wildman–Crippen LogP) is 3.17. The van der Waals surface area contributed by atoms with E-state index in [1.165, 1.54) is 12.1 Å². The third-order valence-electron chi connectivity index (χ3n) is 4.87. The molecule has 1 aliphatic rings. The number of piperazine rings is 1. The number of nitrogens with zero attached hydrogens (tertiary/aromatic N) is 2. The molecule has 3 nitrogen and oxygen atoms in total. The predicted molar refractivity (Wildman–Crippen MR) is 93.9 cm³/mol. The van der Waals surface area contributed by atoms with E-state index in [9.17, 15) is 18.3 Å². The average Bonchev–Trinajstić information content (AvgIpc) is 2.62. The lowest BCUT2D eigenvalue weighted by Gasteiger charge is -2.41. The van der Waals surface area contributed by atoms with E-state index in [0.717, 1.165) is 19.2 Å². The van der Waals surface area contributed by atoms with Gasteiger partial charge in [-0.1, -0.05) is 24.3 Å². The number of hydrogen-bond donors (Lipinski definition) is 1. The maximum atomic E-state index is 13.9. The molecule has 0 spiro atoms. The standard InChI is InChI=1S/C20H23F3N2O/c21-18-4-2-1-3-16(18)13-25-9-8-24(14-17(25)7-10-26)12-15-5-6-19(22)20(23)11-15/h1-6,11,17,26H,7-10,12-14H2/t17-/m1/s1. The van der Waals surface area contributed by atoms with Gasteiger partial charge in [0.05, 0.1) is 0 Å². The van der Waals surface area contributed by atoms with Crippen molar-refractivity contribution >= 4 is 0 Å². The highest BCUT2D eigenvalue weighted by atomic mass is 19.2. The maximum absolute atomic E-state index is 13.9. The topological polar surface area (TPSA) is 26.7 Å². The molecular formula is C20H23F3N2O. The molecule has 2 aromatic carbocycles. The summed E-state index contributed by atoms with van der Waals surface area (Å²) < 4.78 is 40.4. The minimum atomic E-state index is -0.846. The van der Waals surface area contributed by atoms with E-state index in [-0.39, 0.29) is 18.5 Å². The van der Waals surface area contributed by atoms with Gasteiger partial charge in [0.2, 0.25) is 0 Å². The second-order valence-corrected chi connectivity index (χ2v) is 6.71. The van der Waals surface area contributed by atoms with E-state index in [1.807, 2.05) is 6.07 Å². The summed E-state index contributed by atoms with van der Waals surface area (Å²) in [5.74, 6) is -1.91. The lowest BCUT2D eigenvalue weighted by atomic mass is 10.1. The van der Waals surface area contributed by atoms with Crippen LogP contribution in [0, 0.1) is 17.5 Å². The Hall–Kier alpha value is -1.89. The lowest BCUT2D eigenvalue weighted by molar-refractivity contribution is 0.0492. The van der Waals surface area contributed by atoms with Crippen molar-refractivity contribution in [3.05, 3.63) is 71.0 Å². The third-order valence-corrected chi connectivity index (χ3v) is 4.87. The fourth-order valence-corrected chi connectivity index (χ4v) is 3.47. The van der Waals surface area contributed by atoms with Crippen LogP contribution in [-0.4, -0.2) is 47.2 Å². The van der Waals surface area contributed by atoms with Gasteiger partial charge in [0.15, 0.2) is 11.6 Å². The summed E-state index contributed by atoms with van der Waals surface area (Å²) in [7, 11) is 0. The first kappa shape index (κ1) is 18.9. The molecular weight excluding hydrogens is 341 g/mol. The van der Waals surface area contributed by atoms with E-state index in [1.54, 1.807) is 18.2 Å². The summed E-state index contributed by atoms with van der Waals surface area (Å²) in [4.78, 5) is 4.33. The molecule has 0 unspecified atom stereocenters. The van der Waals surface area contributed by atoms with Crippen molar-refractivity contribution in [3.8, 4) is 0 Å². The Balaban J connectivity index is 1.65. The highest BCUT2D eigenvalue weighted by Gasteiger charge is 2.27. The van der Waals surface area contributed by atoms with Crippen molar-refractivity contribution in [1.29, 1.82) is 0 Å². The Morgan fingerprint density at radius 1 is 0.923 bits per heavy atom. The minimum absolute atomic E-state index is 0.0530. The van der Waals surface area contributed by atoms with Gasteiger partial charge in [0, 0.05) is 50.9 Å². The molecule has 0 radical (unpaired) electrons. The van der Waals surface area contributed by atoms with E-state index in [4.69, 9.17) is 0 Å². The van der Waals surface area contributed by atoms with Crippen LogP contribution in [0.4, 0.5) is 13.2 Å². The molecule has 140 valence electrons. The molecule has 1 N–H and O–H groups in total. The van der Waals surface area contributed by atoms with Crippen molar-refractivity contribution in [2.24, 2.45) is 0 Å². The van der Waals surface area contributed by atoms with Crippen LogP contribution in [0.1, 0.15) is 17.5 Å². The molecule has 3 rings (SSSR count). The summed E-state index contributed by atoms with van der Waals surface area (Å²) in [5.41, 5.74) is 1.36. The van der Waals surface area contributed by atoms with E-state index in [2.05, 4.69) is 9.80 Å². The van der Waals surface area contributed by atoms with Crippen LogP contribution in [0.5, 0.6) is 0 Å². The molecule has 0 saturated carbocycles. The van der Waals surface area contributed by atoms with Crippen LogP contribution in [0.15, 0.2) is 42.5 Å². The van der Waals surface area contributed by atoms with Crippen molar-refractivity contribution in [2.75, 3.05) is 26.2 Å². The van der Waals surface area contributed by atoms with Crippen molar-refractivity contribution < 1.29 is 18.3 Å². The Kier molecular flexibility index (Phi) is 6.29. The number of aliphatic hydroxyl groups excluding tert-OH is 1. The number of aliphatic hydroxyl groups is 1. The smallest absolute Gasteiger partial charge is 0.159 e. The first-order valence-electron chi connectivity index (χ1n) is 8.81. The SMILES string of the molecule is OCC[C@@H]1CN(Cc2ccc(F)c(F)c2)CCN1Cc1ccccc1F. The van der Waals surface area contributed by atoms with Crippen molar-refractivity contribution in [1.82, 2.24) is 9.80 Å². The Morgan fingerprint density at radius 3 is 2.46 bits per heavy atom. The largest absolute Gasteiger partial charge is 0.396 e. The summed E-state index contributed by atoms with van der Waals surface area (Å²) in [6.07, 6.45) is 0.586. The summed E-state index contributed by atoms with van der Waals surface area (Å²) >= 11 is 0. The zero-order chi connectivity index (χ0) is 18.5. The van der Waals surface area contributed by atoms with Gasteiger partial charge in [-0.05, 0) is 30.2 Å². The van der Waals surface area contributed by atoms with Crippen LogP contribution in [-0.2, 0) is 13.1 Å². The molecule has 0 aliphatic carbocycles. The molecule has 0 aromatic heterocycles. The zero-order valence-electron chi connectivity index (χ0n) is 14.5. The second-order valence-electron chi connectivity index (χ2n) is 6.71. The van der Waals surface area contributed by atoms with Gasteiger partial charge in [-0.15, -0.1) is 0 Å². The Labute approximate surface area is 151 Å².